The quantitative estimate of drug-likeness (QED) is 0.871. The second-order valence-electron chi connectivity index (χ2n) is 6.20. The first-order valence-electron chi connectivity index (χ1n) is 7.71. The number of hydrogen-bond acceptors (Lipinski definition) is 3. The van der Waals surface area contributed by atoms with E-state index in [2.05, 4.69) is 21.7 Å². The Morgan fingerprint density at radius 2 is 2.18 bits per heavy atom. The molecule has 1 saturated heterocycles. The van der Waals surface area contributed by atoms with Gasteiger partial charge in [-0.05, 0) is 12.0 Å². The first-order valence-corrected chi connectivity index (χ1v) is 7.71. The van der Waals surface area contributed by atoms with E-state index in [0.29, 0.717) is 13.1 Å². The SMILES string of the molecule is CC(=O)N1CCC(C2c3ccccc3-c3cncn32)C(O)C1. The molecule has 22 heavy (non-hydrogen) atoms. The zero-order valence-corrected chi connectivity index (χ0v) is 12.5. The molecule has 1 aromatic heterocycles. The fourth-order valence-electron chi connectivity index (χ4n) is 3.91. The molecule has 1 N–H and O–H groups in total. The van der Waals surface area contributed by atoms with E-state index in [-0.39, 0.29) is 17.9 Å². The van der Waals surface area contributed by atoms with Gasteiger partial charge in [0, 0.05) is 31.5 Å². The summed E-state index contributed by atoms with van der Waals surface area (Å²) in [5.74, 6) is 0.139. The average Bonchev–Trinajstić information content (AvgIpc) is 3.08. The Labute approximate surface area is 129 Å². The number of rotatable bonds is 1. The summed E-state index contributed by atoms with van der Waals surface area (Å²) in [5, 5.41) is 10.6. The van der Waals surface area contributed by atoms with Crippen LogP contribution in [-0.4, -0.2) is 44.7 Å². The number of fused-ring (bicyclic) bond motifs is 3. The minimum Gasteiger partial charge on any atom is -0.391 e. The molecule has 0 radical (unpaired) electrons. The summed E-state index contributed by atoms with van der Waals surface area (Å²) in [5.41, 5.74) is 3.56. The van der Waals surface area contributed by atoms with Crippen LogP contribution in [0.2, 0.25) is 0 Å². The molecule has 0 spiro atoms. The maximum atomic E-state index is 11.5. The van der Waals surface area contributed by atoms with Gasteiger partial charge < -0.3 is 14.6 Å². The second kappa shape index (κ2) is 4.95. The Hall–Kier alpha value is -2.14. The summed E-state index contributed by atoms with van der Waals surface area (Å²) in [4.78, 5) is 17.5. The van der Waals surface area contributed by atoms with Crippen LogP contribution < -0.4 is 0 Å². The predicted octanol–water partition coefficient (Wildman–Crippen LogP) is 1.68. The molecule has 2 aromatic rings. The van der Waals surface area contributed by atoms with Crippen molar-refractivity contribution < 1.29 is 9.90 Å². The lowest BCUT2D eigenvalue weighted by molar-refractivity contribution is -0.133. The van der Waals surface area contributed by atoms with Gasteiger partial charge in [-0.25, -0.2) is 4.98 Å². The smallest absolute Gasteiger partial charge is 0.219 e. The number of β-amino-alcohol motifs (C(OH)–C–C–N with tert-alkyl or cyclic N) is 1. The number of aliphatic hydroxyl groups is 1. The van der Waals surface area contributed by atoms with Crippen molar-refractivity contribution in [2.24, 2.45) is 5.92 Å². The fraction of sp³-hybridized carbons (Fsp3) is 0.412. The maximum Gasteiger partial charge on any atom is 0.219 e. The third-order valence-electron chi connectivity index (χ3n) is 5.01. The number of amides is 1. The van der Waals surface area contributed by atoms with E-state index in [4.69, 9.17) is 0 Å². The summed E-state index contributed by atoms with van der Waals surface area (Å²) >= 11 is 0. The van der Waals surface area contributed by atoms with E-state index in [9.17, 15) is 9.90 Å². The number of aromatic nitrogens is 2. The summed E-state index contributed by atoms with van der Waals surface area (Å²) in [6.45, 7) is 2.69. The number of likely N-dealkylation sites (tertiary alicyclic amines) is 1. The van der Waals surface area contributed by atoms with E-state index in [1.807, 2.05) is 24.7 Å². The van der Waals surface area contributed by atoms with Gasteiger partial charge in [0.05, 0.1) is 30.4 Å². The first-order chi connectivity index (χ1) is 10.7. The molecule has 4 rings (SSSR count). The van der Waals surface area contributed by atoms with Gasteiger partial charge in [0.1, 0.15) is 0 Å². The normalized spacial score (nSPS) is 26.6. The number of carbonyl (C=O) groups excluding carboxylic acids is 1. The van der Waals surface area contributed by atoms with Gasteiger partial charge in [-0.3, -0.25) is 4.79 Å². The molecule has 0 bridgehead atoms. The van der Waals surface area contributed by atoms with Gasteiger partial charge in [0.15, 0.2) is 0 Å². The molecule has 1 aromatic carbocycles. The van der Waals surface area contributed by atoms with Crippen molar-refractivity contribution in [2.75, 3.05) is 13.1 Å². The third kappa shape index (κ3) is 1.89. The van der Waals surface area contributed by atoms with E-state index in [0.717, 1.165) is 12.1 Å². The molecule has 5 nitrogen and oxygen atoms in total. The molecule has 0 saturated carbocycles. The van der Waals surface area contributed by atoms with Gasteiger partial charge in [-0.1, -0.05) is 24.3 Å². The van der Waals surface area contributed by atoms with Gasteiger partial charge in [0.2, 0.25) is 5.91 Å². The summed E-state index contributed by atoms with van der Waals surface area (Å²) in [7, 11) is 0. The average molecular weight is 297 g/mol. The highest BCUT2D eigenvalue weighted by atomic mass is 16.3. The van der Waals surface area contributed by atoms with Crippen LogP contribution in [0.15, 0.2) is 36.8 Å². The van der Waals surface area contributed by atoms with E-state index in [1.165, 1.54) is 11.1 Å². The van der Waals surface area contributed by atoms with Crippen LogP contribution in [0.25, 0.3) is 11.3 Å². The molecule has 3 atom stereocenters. The number of piperidine rings is 1. The number of aliphatic hydroxyl groups excluding tert-OH is 1. The minimum absolute atomic E-state index is 0.0349. The number of imidazole rings is 1. The summed E-state index contributed by atoms with van der Waals surface area (Å²) < 4.78 is 2.17. The van der Waals surface area contributed by atoms with Gasteiger partial charge in [0.25, 0.3) is 0 Å². The molecule has 5 heteroatoms. The molecule has 114 valence electrons. The van der Waals surface area contributed by atoms with Crippen molar-refractivity contribution in [3.05, 3.63) is 42.4 Å². The molecular formula is C17H19N3O2. The Morgan fingerprint density at radius 3 is 2.95 bits per heavy atom. The number of nitrogens with zero attached hydrogens (tertiary/aromatic N) is 3. The highest BCUT2D eigenvalue weighted by Crippen LogP contribution is 2.45. The van der Waals surface area contributed by atoms with Crippen LogP contribution in [0, 0.1) is 5.92 Å². The number of carbonyl (C=O) groups is 1. The van der Waals surface area contributed by atoms with Gasteiger partial charge in [-0.2, -0.15) is 0 Å². The van der Waals surface area contributed by atoms with Crippen LogP contribution in [0.1, 0.15) is 24.9 Å². The Bertz CT molecular complexity index is 724. The minimum atomic E-state index is -0.510. The molecule has 0 aliphatic carbocycles. The van der Waals surface area contributed by atoms with Crippen LogP contribution in [0.4, 0.5) is 0 Å². The molecule has 1 amide bonds. The van der Waals surface area contributed by atoms with Gasteiger partial charge in [-0.15, -0.1) is 0 Å². The van der Waals surface area contributed by atoms with Crippen molar-refractivity contribution >= 4 is 5.91 Å². The number of hydrogen-bond donors (Lipinski definition) is 1. The van der Waals surface area contributed by atoms with Crippen LogP contribution in [-0.2, 0) is 4.79 Å². The van der Waals surface area contributed by atoms with Crippen LogP contribution >= 0.6 is 0 Å². The maximum absolute atomic E-state index is 11.5. The van der Waals surface area contributed by atoms with E-state index in [1.54, 1.807) is 11.8 Å². The summed E-state index contributed by atoms with van der Waals surface area (Å²) in [6, 6.07) is 8.44. The van der Waals surface area contributed by atoms with Crippen molar-refractivity contribution in [1.29, 1.82) is 0 Å². The topological polar surface area (TPSA) is 58.4 Å². The van der Waals surface area contributed by atoms with E-state index < -0.39 is 6.10 Å². The van der Waals surface area contributed by atoms with Crippen molar-refractivity contribution in [2.45, 2.75) is 25.5 Å². The van der Waals surface area contributed by atoms with Crippen LogP contribution in [0.3, 0.4) is 0 Å². The third-order valence-corrected chi connectivity index (χ3v) is 5.01. The lowest BCUT2D eigenvalue weighted by Gasteiger charge is -2.39. The second-order valence-corrected chi connectivity index (χ2v) is 6.20. The molecule has 3 heterocycles. The Morgan fingerprint density at radius 1 is 1.36 bits per heavy atom. The first kappa shape index (κ1) is 13.5. The molecule has 2 aliphatic heterocycles. The Balaban J connectivity index is 1.70. The molecule has 3 unspecified atom stereocenters. The van der Waals surface area contributed by atoms with Crippen molar-refractivity contribution in [3.63, 3.8) is 0 Å². The predicted molar refractivity (Wildman–Crippen MR) is 82.2 cm³/mol. The standard InChI is InChI=1S/C17H19N3O2/c1-11(21)19-7-6-14(16(22)9-19)17-13-5-3-2-4-12(13)15-8-18-10-20(15)17/h2-5,8,10,14,16-17,22H,6-7,9H2,1H3. The van der Waals surface area contributed by atoms with Gasteiger partial charge >= 0.3 is 0 Å². The van der Waals surface area contributed by atoms with Crippen molar-refractivity contribution in [3.8, 4) is 11.3 Å². The number of benzene rings is 1. The van der Waals surface area contributed by atoms with Crippen LogP contribution in [0.5, 0.6) is 0 Å². The molecular weight excluding hydrogens is 278 g/mol. The highest BCUT2D eigenvalue weighted by Gasteiger charge is 2.40. The lowest BCUT2D eigenvalue weighted by atomic mass is 9.83. The Kier molecular flexibility index (Phi) is 3.04. The zero-order chi connectivity index (χ0) is 15.3. The van der Waals surface area contributed by atoms with E-state index >= 15 is 0 Å². The molecule has 2 aliphatic rings. The monoisotopic (exact) mass is 297 g/mol. The van der Waals surface area contributed by atoms with Crippen molar-refractivity contribution in [1.82, 2.24) is 14.5 Å². The lowest BCUT2D eigenvalue weighted by Crippen LogP contribution is -2.48. The largest absolute Gasteiger partial charge is 0.391 e. The zero-order valence-electron chi connectivity index (χ0n) is 12.5. The highest BCUT2D eigenvalue weighted by molar-refractivity contribution is 5.73. The summed E-state index contributed by atoms with van der Waals surface area (Å²) in [6.07, 6.45) is 4.03. The fourth-order valence-corrected chi connectivity index (χ4v) is 3.91. The molecule has 1 fully saturated rings.